The van der Waals surface area contributed by atoms with Crippen LogP contribution in [0.2, 0.25) is 0 Å². The van der Waals surface area contributed by atoms with Crippen LogP contribution in [0.3, 0.4) is 0 Å². The fourth-order valence-corrected chi connectivity index (χ4v) is 8.76. The standard InChI is InChI=1S/C42H48N14O2/c1-26(20-43)48-34-19-37(56-40-31(22-47-56)18-30(21-44)39(45)50-40)46-23-36(34)55-25-35(51-52-55)29-6-4-28(5-7-29)13-15-53-16-17-54(27(2)24-53)33-10-8-32(9-11-33)42(3)14-12-38(57)49-41(42)58/h8-11,18-19,22-23,25-29H,4-7,12-17,24H2,1-3H3,(H2,45,50)(H,46,48)(H,49,57,58)/t26-,27+,28?,29?,42-/m1/s1. The molecular weight excluding hydrogens is 733 g/mol. The number of nitrogen functional groups attached to an aromatic ring is 1. The molecule has 1 saturated carbocycles. The number of hydrogen-bond acceptors (Lipinski definition) is 13. The largest absolute Gasteiger partial charge is 0.383 e. The Morgan fingerprint density at radius 1 is 1.09 bits per heavy atom. The SMILES string of the molecule is C[C@H](C#N)Nc1cc(-n2ncc3cc(C#N)c(N)nc32)ncc1-n1cc(C2CCC(CCN3CCN(c4ccc([C@@]5(C)CCC(=O)NC5=O)cc4)[C@@H](C)C3)CC2)nn1. The number of piperazine rings is 1. The summed E-state index contributed by atoms with van der Waals surface area (Å²) in [5.41, 5.74) is 10.4. The van der Waals surface area contributed by atoms with E-state index in [9.17, 15) is 20.1 Å². The van der Waals surface area contributed by atoms with Crippen molar-refractivity contribution in [2.75, 3.05) is 42.1 Å². The molecular formula is C42H48N14O2. The summed E-state index contributed by atoms with van der Waals surface area (Å²) in [6.45, 7) is 10.1. The Morgan fingerprint density at radius 3 is 2.60 bits per heavy atom. The average Bonchev–Trinajstić information content (AvgIpc) is 3.89. The van der Waals surface area contributed by atoms with Gasteiger partial charge in [-0.1, -0.05) is 17.3 Å². The third-order valence-electron chi connectivity index (χ3n) is 12.4. The Hall–Kier alpha value is -6.39. The number of nitrogens with one attached hydrogen (secondary N) is 2. The number of nitriles is 2. The van der Waals surface area contributed by atoms with Gasteiger partial charge in [0, 0.05) is 55.2 Å². The number of imide groups is 1. The number of benzene rings is 1. The van der Waals surface area contributed by atoms with E-state index in [1.54, 1.807) is 40.8 Å². The summed E-state index contributed by atoms with van der Waals surface area (Å²) >= 11 is 0. The van der Waals surface area contributed by atoms with Crippen LogP contribution in [0, 0.1) is 28.6 Å². The molecule has 0 unspecified atom stereocenters. The molecule has 5 aromatic rings. The Morgan fingerprint density at radius 2 is 1.88 bits per heavy atom. The predicted molar refractivity (Wildman–Crippen MR) is 218 cm³/mol. The number of nitrogens with zero attached hydrogens (tertiary/aromatic N) is 11. The lowest BCUT2D eigenvalue weighted by Crippen LogP contribution is -2.52. The molecule has 8 rings (SSSR count). The predicted octanol–water partition coefficient (Wildman–Crippen LogP) is 4.74. The zero-order chi connectivity index (χ0) is 40.6. The fraction of sp³-hybridized carbons (Fsp3) is 0.452. The van der Waals surface area contributed by atoms with E-state index < -0.39 is 11.5 Å². The number of amides is 2. The lowest BCUT2D eigenvalue weighted by Gasteiger charge is -2.42. The number of aromatic nitrogens is 7. The van der Waals surface area contributed by atoms with Crippen LogP contribution in [-0.4, -0.2) is 89.7 Å². The van der Waals surface area contributed by atoms with E-state index in [-0.39, 0.29) is 23.2 Å². The van der Waals surface area contributed by atoms with E-state index >= 15 is 0 Å². The van der Waals surface area contributed by atoms with Crippen molar-refractivity contribution in [2.45, 2.75) is 89.1 Å². The molecule has 3 aliphatic rings. The van der Waals surface area contributed by atoms with E-state index in [4.69, 9.17) is 5.73 Å². The van der Waals surface area contributed by atoms with Gasteiger partial charge in [0.25, 0.3) is 0 Å². The van der Waals surface area contributed by atoms with Crippen molar-refractivity contribution in [3.63, 3.8) is 0 Å². The molecule has 3 fully saturated rings. The number of fused-ring (bicyclic) bond motifs is 1. The minimum absolute atomic E-state index is 0.113. The molecule has 3 atom stereocenters. The number of pyridine rings is 2. The highest BCUT2D eigenvalue weighted by Gasteiger charge is 2.40. The normalized spacial score (nSPS) is 23.3. The summed E-state index contributed by atoms with van der Waals surface area (Å²) in [5, 5.41) is 38.9. The Kier molecular flexibility index (Phi) is 10.5. The average molecular weight is 781 g/mol. The highest BCUT2D eigenvalue weighted by atomic mass is 16.2. The van der Waals surface area contributed by atoms with E-state index in [1.807, 2.05) is 19.2 Å². The number of piperidine rings is 1. The summed E-state index contributed by atoms with van der Waals surface area (Å²) < 4.78 is 3.27. The summed E-state index contributed by atoms with van der Waals surface area (Å²) in [4.78, 5) is 38.5. The minimum Gasteiger partial charge on any atom is -0.383 e. The first-order valence-electron chi connectivity index (χ1n) is 20.1. The lowest BCUT2D eigenvalue weighted by molar-refractivity contribution is -0.137. The van der Waals surface area contributed by atoms with Crippen molar-refractivity contribution < 1.29 is 9.59 Å². The topological polar surface area (TPSA) is 213 Å². The van der Waals surface area contributed by atoms with Gasteiger partial charge in [0.1, 0.15) is 23.6 Å². The molecule has 0 spiro atoms. The van der Waals surface area contributed by atoms with Crippen molar-refractivity contribution in [2.24, 2.45) is 5.92 Å². The van der Waals surface area contributed by atoms with Crippen molar-refractivity contribution in [1.82, 2.24) is 45.0 Å². The molecule has 2 aliphatic heterocycles. The molecule has 0 bridgehead atoms. The van der Waals surface area contributed by atoms with Gasteiger partial charge in [-0.15, -0.1) is 5.10 Å². The highest BCUT2D eigenvalue weighted by molar-refractivity contribution is 6.03. The van der Waals surface area contributed by atoms with Crippen LogP contribution in [0.4, 0.5) is 17.2 Å². The van der Waals surface area contributed by atoms with Crippen LogP contribution in [0.25, 0.3) is 22.5 Å². The monoisotopic (exact) mass is 780 g/mol. The highest BCUT2D eigenvalue weighted by Crippen LogP contribution is 2.38. The quantitative estimate of drug-likeness (QED) is 0.164. The Balaban J connectivity index is 0.855. The summed E-state index contributed by atoms with van der Waals surface area (Å²) in [6, 6.07) is 16.0. The molecule has 2 saturated heterocycles. The first-order valence-corrected chi connectivity index (χ1v) is 20.1. The third kappa shape index (κ3) is 7.55. The molecule has 58 heavy (non-hydrogen) atoms. The number of anilines is 3. The molecule has 4 aromatic heterocycles. The summed E-state index contributed by atoms with van der Waals surface area (Å²) in [5.74, 6) is 1.17. The smallest absolute Gasteiger partial charge is 0.236 e. The van der Waals surface area contributed by atoms with E-state index in [0.29, 0.717) is 58.9 Å². The molecule has 0 radical (unpaired) electrons. The van der Waals surface area contributed by atoms with Crippen LogP contribution >= 0.6 is 0 Å². The number of carbonyl (C=O) groups excluding carboxylic acids is 2. The Bertz CT molecular complexity index is 2420. The molecule has 16 heteroatoms. The maximum Gasteiger partial charge on any atom is 0.236 e. The van der Waals surface area contributed by atoms with Crippen LogP contribution in [0.5, 0.6) is 0 Å². The molecule has 16 nitrogen and oxygen atoms in total. The zero-order valence-corrected chi connectivity index (χ0v) is 33.1. The second-order valence-electron chi connectivity index (χ2n) is 16.3. The van der Waals surface area contributed by atoms with Gasteiger partial charge in [-0.25, -0.2) is 14.6 Å². The van der Waals surface area contributed by atoms with Gasteiger partial charge in [0.2, 0.25) is 11.8 Å². The van der Waals surface area contributed by atoms with Crippen molar-refractivity contribution in [1.29, 1.82) is 10.5 Å². The van der Waals surface area contributed by atoms with Crippen LogP contribution in [-0.2, 0) is 15.0 Å². The van der Waals surface area contributed by atoms with Gasteiger partial charge in [-0.3, -0.25) is 19.8 Å². The molecule has 6 heterocycles. The maximum absolute atomic E-state index is 12.7. The number of nitrogens with two attached hydrogens (primary N) is 1. The summed E-state index contributed by atoms with van der Waals surface area (Å²) in [6.07, 6.45) is 11.8. The summed E-state index contributed by atoms with van der Waals surface area (Å²) in [7, 11) is 0. The van der Waals surface area contributed by atoms with Crippen molar-refractivity contribution >= 4 is 40.0 Å². The van der Waals surface area contributed by atoms with E-state index in [2.05, 4.69) is 83.1 Å². The van der Waals surface area contributed by atoms with Crippen LogP contribution in [0.15, 0.2) is 55.0 Å². The Labute approximate surface area is 337 Å². The second-order valence-corrected chi connectivity index (χ2v) is 16.3. The third-order valence-corrected chi connectivity index (χ3v) is 12.4. The first kappa shape index (κ1) is 38.5. The first-order chi connectivity index (χ1) is 28.0. The molecule has 4 N–H and O–H groups in total. The lowest BCUT2D eigenvalue weighted by atomic mass is 9.75. The van der Waals surface area contributed by atoms with E-state index in [0.717, 1.165) is 63.1 Å². The van der Waals surface area contributed by atoms with Crippen LogP contribution < -0.4 is 21.3 Å². The van der Waals surface area contributed by atoms with Crippen molar-refractivity contribution in [3.8, 4) is 23.6 Å². The van der Waals surface area contributed by atoms with Crippen molar-refractivity contribution in [3.05, 3.63) is 71.8 Å². The van der Waals surface area contributed by atoms with Gasteiger partial charge in [0.05, 0.1) is 47.0 Å². The molecule has 1 aliphatic carbocycles. The molecule has 2 amide bonds. The number of hydrogen-bond donors (Lipinski definition) is 3. The van der Waals surface area contributed by atoms with E-state index in [1.165, 1.54) is 12.1 Å². The zero-order valence-electron chi connectivity index (χ0n) is 33.1. The maximum atomic E-state index is 12.7. The minimum atomic E-state index is -0.681. The fourth-order valence-electron chi connectivity index (χ4n) is 8.76. The number of rotatable bonds is 10. The molecule has 1 aromatic carbocycles. The van der Waals surface area contributed by atoms with Gasteiger partial charge < -0.3 is 16.0 Å². The van der Waals surface area contributed by atoms with Gasteiger partial charge >= 0.3 is 0 Å². The molecule has 298 valence electrons. The second kappa shape index (κ2) is 15.9. The number of carbonyl (C=O) groups is 2. The van der Waals surface area contributed by atoms with Gasteiger partial charge in [0.15, 0.2) is 11.5 Å². The van der Waals surface area contributed by atoms with Crippen LogP contribution in [0.1, 0.15) is 88.5 Å². The van der Waals surface area contributed by atoms with Gasteiger partial charge in [-0.05, 0) is 95.5 Å². The van der Waals surface area contributed by atoms with Gasteiger partial charge in [-0.2, -0.15) is 20.3 Å².